The molecule has 1 saturated heterocycles. The van der Waals surface area contributed by atoms with E-state index in [1.54, 1.807) is 4.90 Å². The van der Waals surface area contributed by atoms with Crippen LogP contribution in [-0.4, -0.2) is 64.5 Å². The fraction of sp³-hybridized carbons (Fsp3) is 0.469. The molecule has 2 aliphatic rings. The summed E-state index contributed by atoms with van der Waals surface area (Å²) in [5.41, 5.74) is 3.55. The molecule has 0 radical (unpaired) electrons. The minimum Gasteiger partial charge on any atom is -0.394 e. The molecule has 2 aliphatic heterocycles. The number of amides is 3. The summed E-state index contributed by atoms with van der Waals surface area (Å²) in [5.74, 6) is 6.26. The van der Waals surface area contributed by atoms with E-state index in [4.69, 9.17) is 9.42 Å². The molecule has 228 valence electrons. The first-order chi connectivity index (χ1) is 20.9. The summed E-state index contributed by atoms with van der Waals surface area (Å²) in [4.78, 5) is 50.4. The highest BCUT2D eigenvalue weighted by molar-refractivity contribution is 7.32. The quantitative estimate of drug-likeness (QED) is 0.169. The second-order valence-electron chi connectivity index (χ2n) is 10.9. The number of nitrogens with zero attached hydrogens (tertiary/aromatic N) is 2. The second kappa shape index (κ2) is 16.3. The number of aliphatic hydroxyl groups excluding tert-OH is 1. The van der Waals surface area contributed by atoms with Crippen LogP contribution < -0.4 is 10.2 Å². The molecule has 2 aromatic rings. The Hall–Kier alpha value is -3.61. The van der Waals surface area contributed by atoms with Gasteiger partial charge in [0.25, 0.3) is 0 Å². The molecule has 2 heterocycles. The normalized spacial score (nSPS) is 17.6. The van der Waals surface area contributed by atoms with E-state index in [1.165, 1.54) is 4.90 Å². The van der Waals surface area contributed by atoms with Gasteiger partial charge in [-0.2, -0.15) is 0 Å². The van der Waals surface area contributed by atoms with E-state index < -0.39 is 20.4 Å². The van der Waals surface area contributed by atoms with E-state index in [-0.39, 0.29) is 30.9 Å². The summed E-state index contributed by atoms with van der Waals surface area (Å²) in [6, 6.07) is 15.1. The first kappa shape index (κ1) is 32.3. The summed E-state index contributed by atoms with van der Waals surface area (Å²) in [6.07, 6.45) is 4.10. The van der Waals surface area contributed by atoms with Crippen molar-refractivity contribution in [1.82, 2.24) is 10.2 Å². The molecular weight excluding hydrogens is 569 g/mol. The van der Waals surface area contributed by atoms with Crippen molar-refractivity contribution in [2.45, 2.75) is 76.5 Å². The van der Waals surface area contributed by atoms with Gasteiger partial charge in [-0.05, 0) is 49.4 Å². The van der Waals surface area contributed by atoms with Crippen LogP contribution in [0.25, 0.3) is 0 Å². The van der Waals surface area contributed by atoms with Gasteiger partial charge in [0.15, 0.2) is 0 Å². The van der Waals surface area contributed by atoms with Crippen molar-refractivity contribution in [3.8, 4) is 11.8 Å². The van der Waals surface area contributed by atoms with Crippen LogP contribution in [0.2, 0.25) is 0 Å². The van der Waals surface area contributed by atoms with Crippen molar-refractivity contribution >= 4 is 31.7 Å². The van der Waals surface area contributed by atoms with Crippen molar-refractivity contribution in [2.75, 3.05) is 24.6 Å². The molecule has 10 nitrogen and oxygen atoms in total. The number of nitrogens with one attached hydrogen (secondary N) is 1. The number of para-hydroxylation sites is 1. The molecule has 0 saturated carbocycles. The van der Waals surface area contributed by atoms with Gasteiger partial charge in [0, 0.05) is 47.9 Å². The van der Waals surface area contributed by atoms with Crippen LogP contribution in [-0.2, 0) is 30.0 Å². The first-order valence-electron chi connectivity index (χ1n) is 14.8. The molecule has 0 aromatic heterocycles. The fourth-order valence-corrected chi connectivity index (χ4v) is 5.91. The van der Waals surface area contributed by atoms with Crippen LogP contribution in [0.1, 0.15) is 74.5 Å². The van der Waals surface area contributed by atoms with E-state index in [0.717, 1.165) is 35.2 Å². The number of carbonyl (C=O) groups excluding carboxylic acids is 3. The smallest absolute Gasteiger partial charge is 0.394 e. The monoisotopic (exact) mass is 608 g/mol. The molecule has 2 aromatic carbocycles. The fourth-order valence-electron chi connectivity index (χ4n) is 5.50. The molecule has 3 atom stereocenters. The number of rotatable bonds is 14. The van der Waals surface area contributed by atoms with Gasteiger partial charge in [-0.25, -0.2) is 0 Å². The lowest BCUT2D eigenvalue weighted by molar-refractivity contribution is -0.133. The summed E-state index contributed by atoms with van der Waals surface area (Å²) in [7, 11) is -2.75. The largest absolute Gasteiger partial charge is 0.695 e. The molecule has 0 spiro atoms. The summed E-state index contributed by atoms with van der Waals surface area (Å²) >= 11 is 0. The second-order valence-corrected chi connectivity index (χ2v) is 11.5. The Bertz CT molecular complexity index is 1370. The third-order valence-corrected chi connectivity index (χ3v) is 8.23. The Morgan fingerprint density at radius 3 is 2.37 bits per heavy atom. The van der Waals surface area contributed by atoms with Gasteiger partial charge in [0.2, 0.25) is 17.7 Å². The molecular formula is C32H39N3O7P+. The molecule has 1 unspecified atom stereocenters. The van der Waals surface area contributed by atoms with Gasteiger partial charge in [-0.3, -0.25) is 14.4 Å². The summed E-state index contributed by atoms with van der Waals surface area (Å²) in [5, 5.41) is 12.4. The lowest BCUT2D eigenvalue weighted by atomic mass is 10.0. The standard InChI is InChI=1S/C32H38N3O7P/c36-23-27-20-28(42-43(40)41)22-34(27)31(38)15-2-1-9-19-33-30(37)14-7-8-16-32(39)35-21-26-12-4-3-10-24(26)17-18-25-11-5-6-13-29(25)35/h3-6,10-13,27-28,36H,1-2,7-9,14-16,19-23H2,(H-,33,37,40,41)/p+1/t27-,28+/m0/s1. The number of carbonyl (C=O) groups is 3. The third-order valence-electron chi connectivity index (χ3n) is 7.75. The first-order valence-corrected chi connectivity index (χ1v) is 16.0. The minimum absolute atomic E-state index is 0.00653. The molecule has 0 aliphatic carbocycles. The van der Waals surface area contributed by atoms with Gasteiger partial charge in [0.1, 0.15) is 6.10 Å². The lowest BCUT2D eigenvalue weighted by Crippen LogP contribution is -2.37. The highest BCUT2D eigenvalue weighted by Crippen LogP contribution is 2.29. The van der Waals surface area contributed by atoms with Crippen molar-refractivity contribution in [2.24, 2.45) is 0 Å². The Labute approximate surface area is 253 Å². The number of anilines is 1. The van der Waals surface area contributed by atoms with Gasteiger partial charge in [0.05, 0.1) is 31.4 Å². The van der Waals surface area contributed by atoms with E-state index in [0.29, 0.717) is 58.0 Å². The number of hydrogen-bond acceptors (Lipinski definition) is 6. The van der Waals surface area contributed by atoms with Crippen LogP contribution >= 0.6 is 8.25 Å². The van der Waals surface area contributed by atoms with E-state index in [2.05, 4.69) is 17.2 Å². The summed E-state index contributed by atoms with van der Waals surface area (Å²) in [6.45, 7) is 0.943. The Morgan fingerprint density at radius 1 is 0.907 bits per heavy atom. The van der Waals surface area contributed by atoms with Crippen LogP contribution in [0.5, 0.6) is 0 Å². The van der Waals surface area contributed by atoms with Crippen LogP contribution in [0, 0.1) is 11.8 Å². The third kappa shape index (κ3) is 9.44. The molecule has 3 N–H and O–H groups in total. The SMILES string of the molecule is O=C(CCCCC(=O)N1Cc2ccccc2C#Cc2ccccc21)NCCCCCC(=O)N1C[C@H](O[P+](=O)O)C[C@H]1CO. The molecule has 4 rings (SSSR count). The minimum atomic E-state index is -2.75. The van der Waals surface area contributed by atoms with Gasteiger partial charge in [-0.15, -0.1) is 9.42 Å². The number of unbranched alkanes of at least 4 members (excludes halogenated alkanes) is 3. The van der Waals surface area contributed by atoms with Crippen molar-refractivity contribution < 1.29 is 33.5 Å². The molecule has 1 fully saturated rings. The molecule has 43 heavy (non-hydrogen) atoms. The van der Waals surface area contributed by atoms with Crippen LogP contribution in [0.4, 0.5) is 5.69 Å². The highest BCUT2D eigenvalue weighted by atomic mass is 31.1. The number of likely N-dealkylation sites (tertiary alicyclic amines) is 1. The predicted octanol–water partition coefficient (Wildman–Crippen LogP) is 3.80. The van der Waals surface area contributed by atoms with Gasteiger partial charge >= 0.3 is 8.25 Å². The number of fused-ring (bicyclic) bond motifs is 2. The maximum Gasteiger partial charge on any atom is 0.695 e. The van der Waals surface area contributed by atoms with Crippen molar-refractivity contribution in [1.29, 1.82) is 0 Å². The average molecular weight is 609 g/mol. The van der Waals surface area contributed by atoms with E-state index in [9.17, 15) is 24.1 Å². The molecule has 11 heteroatoms. The zero-order chi connectivity index (χ0) is 30.6. The predicted molar refractivity (Wildman–Crippen MR) is 162 cm³/mol. The van der Waals surface area contributed by atoms with Crippen molar-refractivity contribution in [3.63, 3.8) is 0 Å². The van der Waals surface area contributed by atoms with Crippen LogP contribution in [0.3, 0.4) is 0 Å². The Balaban J connectivity index is 1.11. The lowest BCUT2D eigenvalue weighted by Gasteiger charge is -2.26. The highest BCUT2D eigenvalue weighted by Gasteiger charge is 2.39. The summed E-state index contributed by atoms with van der Waals surface area (Å²) < 4.78 is 15.8. The van der Waals surface area contributed by atoms with E-state index >= 15 is 0 Å². The maximum absolute atomic E-state index is 13.3. The Kier molecular flexibility index (Phi) is 12.2. The van der Waals surface area contributed by atoms with Gasteiger partial charge < -0.3 is 20.2 Å². The number of hydrogen-bond donors (Lipinski definition) is 3. The maximum atomic E-state index is 13.3. The van der Waals surface area contributed by atoms with Gasteiger partial charge in [-0.1, -0.05) is 48.6 Å². The van der Waals surface area contributed by atoms with E-state index in [1.807, 2.05) is 48.5 Å². The Morgan fingerprint density at radius 2 is 1.58 bits per heavy atom. The average Bonchev–Trinajstić information content (AvgIpc) is 3.40. The van der Waals surface area contributed by atoms with Crippen LogP contribution in [0.15, 0.2) is 48.5 Å². The molecule has 0 bridgehead atoms. The zero-order valence-electron chi connectivity index (χ0n) is 24.2. The number of benzene rings is 2. The molecule has 3 amide bonds. The van der Waals surface area contributed by atoms with Crippen molar-refractivity contribution in [3.05, 3.63) is 65.2 Å². The topological polar surface area (TPSA) is 136 Å². The zero-order valence-corrected chi connectivity index (χ0v) is 25.1. The number of aliphatic hydroxyl groups is 1.